The Balaban J connectivity index is 2.03. The van der Waals surface area contributed by atoms with Crippen LogP contribution in [0.15, 0.2) is 48.8 Å². The zero-order valence-electron chi connectivity index (χ0n) is 9.93. The van der Waals surface area contributed by atoms with Gasteiger partial charge in [0, 0.05) is 35.8 Å². The maximum absolute atomic E-state index is 4.29. The summed E-state index contributed by atoms with van der Waals surface area (Å²) in [5.41, 5.74) is 6.36. The number of aromatic nitrogens is 2. The maximum atomic E-state index is 4.29. The number of nitrogens with zero attached hydrogens (tertiary/aromatic N) is 2. The van der Waals surface area contributed by atoms with Gasteiger partial charge in [-0.05, 0) is 24.1 Å². The molecule has 0 saturated heterocycles. The van der Waals surface area contributed by atoms with Gasteiger partial charge in [0.2, 0.25) is 0 Å². The molecule has 0 bridgehead atoms. The van der Waals surface area contributed by atoms with Crippen LogP contribution in [-0.2, 0) is 6.42 Å². The van der Waals surface area contributed by atoms with Crippen molar-refractivity contribution in [1.82, 2.24) is 9.61 Å². The fourth-order valence-corrected chi connectivity index (χ4v) is 2.74. The first-order valence-electron chi connectivity index (χ1n) is 6.22. The van der Waals surface area contributed by atoms with Crippen LogP contribution in [0, 0.1) is 0 Å². The molecule has 2 aromatic heterocycles. The van der Waals surface area contributed by atoms with Crippen molar-refractivity contribution in [3.8, 4) is 11.1 Å². The van der Waals surface area contributed by atoms with E-state index in [9.17, 15) is 0 Å². The van der Waals surface area contributed by atoms with Crippen molar-refractivity contribution in [3.63, 3.8) is 0 Å². The van der Waals surface area contributed by atoms with Gasteiger partial charge in [-0.15, -0.1) is 0 Å². The molecule has 88 valence electrons. The summed E-state index contributed by atoms with van der Waals surface area (Å²) < 4.78 is 1.92. The highest BCUT2D eigenvalue weighted by atomic mass is 15.2. The van der Waals surface area contributed by atoms with Crippen molar-refractivity contribution in [1.29, 1.82) is 0 Å². The molecule has 0 amide bonds. The summed E-state index contributed by atoms with van der Waals surface area (Å²) in [6, 6.07) is 12.8. The van der Waals surface area contributed by atoms with Crippen LogP contribution in [0.1, 0.15) is 5.56 Å². The van der Waals surface area contributed by atoms with Gasteiger partial charge in [0.15, 0.2) is 0 Å². The Hall–Kier alpha value is -2.29. The summed E-state index contributed by atoms with van der Waals surface area (Å²) in [5, 5.41) is 7.79. The number of benzene rings is 1. The second kappa shape index (κ2) is 3.60. The first-order valence-corrected chi connectivity index (χ1v) is 6.22. The van der Waals surface area contributed by atoms with Crippen molar-refractivity contribution in [3.05, 3.63) is 54.4 Å². The van der Waals surface area contributed by atoms with Crippen molar-refractivity contribution in [2.75, 3.05) is 11.9 Å². The van der Waals surface area contributed by atoms with Gasteiger partial charge >= 0.3 is 0 Å². The predicted molar refractivity (Wildman–Crippen MR) is 72.8 cm³/mol. The first-order chi connectivity index (χ1) is 8.93. The molecular formula is C15H13N3. The lowest BCUT2D eigenvalue weighted by molar-refractivity contribution is 0.962. The van der Waals surface area contributed by atoms with E-state index in [-0.39, 0.29) is 0 Å². The van der Waals surface area contributed by atoms with E-state index in [1.807, 2.05) is 23.0 Å². The van der Waals surface area contributed by atoms with Crippen LogP contribution >= 0.6 is 0 Å². The summed E-state index contributed by atoms with van der Waals surface area (Å²) in [7, 11) is 0. The lowest BCUT2D eigenvalue weighted by Gasteiger charge is -2.10. The number of anilines is 1. The number of rotatable bonds is 1. The Labute approximate surface area is 105 Å². The molecule has 1 N–H and O–H groups in total. The third-order valence-corrected chi connectivity index (χ3v) is 3.57. The normalized spacial score (nSPS) is 13.6. The number of fused-ring (bicyclic) bond motifs is 2. The van der Waals surface area contributed by atoms with Gasteiger partial charge in [0.25, 0.3) is 0 Å². The molecule has 0 radical (unpaired) electrons. The molecule has 3 nitrogen and oxygen atoms in total. The smallest absolute Gasteiger partial charge is 0.0740 e. The second-order valence-corrected chi connectivity index (χ2v) is 4.60. The third-order valence-electron chi connectivity index (χ3n) is 3.57. The SMILES string of the molecule is c1cc2c(c(-c3cccn4nccc34)c1)NCC2. The van der Waals surface area contributed by atoms with E-state index in [1.54, 1.807) is 0 Å². The summed E-state index contributed by atoms with van der Waals surface area (Å²) in [6.45, 7) is 1.04. The molecule has 18 heavy (non-hydrogen) atoms. The van der Waals surface area contributed by atoms with Crippen LogP contribution in [0.3, 0.4) is 0 Å². The lowest BCUT2D eigenvalue weighted by atomic mass is 10.0. The minimum Gasteiger partial charge on any atom is -0.384 e. The van der Waals surface area contributed by atoms with Gasteiger partial charge in [0.1, 0.15) is 0 Å². The average molecular weight is 235 g/mol. The van der Waals surface area contributed by atoms with Gasteiger partial charge in [-0.1, -0.05) is 24.3 Å². The average Bonchev–Trinajstić information content (AvgIpc) is 3.06. The van der Waals surface area contributed by atoms with E-state index in [1.165, 1.54) is 22.4 Å². The number of nitrogens with one attached hydrogen (secondary N) is 1. The highest BCUT2D eigenvalue weighted by Gasteiger charge is 2.16. The van der Waals surface area contributed by atoms with E-state index in [2.05, 4.69) is 40.7 Å². The fraction of sp³-hybridized carbons (Fsp3) is 0.133. The van der Waals surface area contributed by atoms with Crippen molar-refractivity contribution in [2.45, 2.75) is 6.42 Å². The Morgan fingerprint density at radius 3 is 3.00 bits per heavy atom. The van der Waals surface area contributed by atoms with E-state index >= 15 is 0 Å². The van der Waals surface area contributed by atoms with E-state index in [4.69, 9.17) is 0 Å². The number of hydrogen-bond donors (Lipinski definition) is 1. The van der Waals surface area contributed by atoms with Gasteiger partial charge < -0.3 is 5.32 Å². The molecule has 0 saturated carbocycles. The van der Waals surface area contributed by atoms with Gasteiger partial charge in [-0.2, -0.15) is 5.10 Å². The molecule has 3 heteroatoms. The monoisotopic (exact) mass is 235 g/mol. The van der Waals surface area contributed by atoms with Crippen LogP contribution in [0.25, 0.3) is 16.6 Å². The Morgan fingerprint density at radius 2 is 2.00 bits per heavy atom. The standard InChI is InChI=1S/C15H13N3/c1-3-11-6-8-16-15(11)13(4-1)12-5-2-10-18-14(12)7-9-17-18/h1-5,7,9-10,16H,6,8H2. The summed E-state index contributed by atoms with van der Waals surface area (Å²) in [6.07, 6.45) is 4.94. The molecule has 3 heterocycles. The molecule has 0 fully saturated rings. The molecule has 0 spiro atoms. The van der Waals surface area contributed by atoms with E-state index in [0.717, 1.165) is 18.5 Å². The van der Waals surface area contributed by atoms with Crippen LogP contribution in [-0.4, -0.2) is 16.2 Å². The summed E-state index contributed by atoms with van der Waals surface area (Å²) >= 11 is 0. The maximum Gasteiger partial charge on any atom is 0.0740 e. The molecular weight excluding hydrogens is 222 g/mol. The first kappa shape index (κ1) is 9.71. The molecule has 1 aromatic carbocycles. The van der Waals surface area contributed by atoms with E-state index in [0.29, 0.717) is 0 Å². The molecule has 0 unspecified atom stereocenters. The van der Waals surface area contributed by atoms with Gasteiger partial charge in [-0.25, -0.2) is 4.52 Å². The second-order valence-electron chi connectivity index (χ2n) is 4.60. The number of pyridine rings is 1. The predicted octanol–water partition coefficient (Wildman–Crippen LogP) is 2.97. The highest BCUT2D eigenvalue weighted by Crippen LogP contribution is 2.36. The van der Waals surface area contributed by atoms with Gasteiger partial charge in [-0.3, -0.25) is 0 Å². The zero-order chi connectivity index (χ0) is 11.9. The zero-order valence-corrected chi connectivity index (χ0v) is 9.93. The minimum atomic E-state index is 1.04. The van der Waals surface area contributed by atoms with Crippen molar-refractivity contribution in [2.24, 2.45) is 0 Å². The largest absolute Gasteiger partial charge is 0.384 e. The molecule has 1 aliphatic heterocycles. The van der Waals surface area contributed by atoms with Crippen LogP contribution in [0.4, 0.5) is 5.69 Å². The highest BCUT2D eigenvalue weighted by molar-refractivity contribution is 5.89. The van der Waals surface area contributed by atoms with Crippen molar-refractivity contribution >= 4 is 11.2 Å². The van der Waals surface area contributed by atoms with Crippen molar-refractivity contribution < 1.29 is 0 Å². The summed E-state index contributed by atoms with van der Waals surface area (Å²) in [4.78, 5) is 0. The van der Waals surface area contributed by atoms with Crippen LogP contribution in [0.2, 0.25) is 0 Å². The Morgan fingerprint density at radius 1 is 1.06 bits per heavy atom. The minimum absolute atomic E-state index is 1.04. The van der Waals surface area contributed by atoms with Gasteiger partial charge in [0.05, 0.1) is 5.52 Å². The quantitative estimate of drug-likeness (QED) is 0.702. The van der Waals surface area contributed by atoms with Crippen LogP contribution in [0.5, 0.6) is 0 Å². The third kappa shape index (κ3) is 1.27. The summed E-state index contributed by atoms with van der Waals surface area (Å²) in [5.74, 6) is 0. The fourth-order valence-electron chi connectivity index (χ4n) is 2.74. The molecule has 4 rings (SSSR count). The molecule has 1 aliphatic rings. The molecule has 0 atom stereocenters. The number of hydrogen-bond acceptors (Lipinski definition) is 2. The van der Waals surface area contributed by atoms with E-state index < -0.39 is 0 Å². The lowest BCUT2D eigenvalue weighted by Crippen LogP contribution is -1.94. The molecule has 0 aliphatic carbocycles. The van der Waals surface area contributed by atoms with Crippen LogP contribution < -0.4 is 5.32 Å². The number of para-hydroxylation sites is 1. The Kier molecular flexibility index (Phi) is 1.94. The molecule has 3 aromatic rings. The Bertz CT molecular complexity index is 727. The topological polar surface area (TPSA) is 29.3 Å².